The summed E-state index contributed by atoms with van der Waals surface area (Å²) in [6.07, 6.45) is 4.22. The lowest BCUT2D eigenvalue weighted by Crippen LogP contribution is -2.48. The highest BCUT2D eigenvalue weighted by molar-refractivity contribution is 5.87. The fourth-order valence-electron chi connectivity index (χ4n) is 2.34. The van der Waals surface area contributed by atoms with E-state index in [0.717, 1.165) is 38.8 Å². The van der Waals surface area contributed by atoms with Crippen molar-refractivity contribution in [3.05, 3.63) is 0 Å². The molecule has 0 aromatic carbocycles. The Balaban J connectivity index is 2.58. The molecule has 1 atom stereocenters. The summed E-state index contributed by atoms with van der Waals surface area (Å²) < 4.78 is 0. The summed E-state index contributed by atoms with van der Waals surface area (Å²) in [6, 6.07) is -0.331. The van der Waals surface area contributed by atoms with Crippen molar-refractivity contribution in [3.63, 3.8) is 0 Å². The van der Waals surface area contributed by atoms with Crippen molar-refractivity contribution in [1.29, 1.82) is 0 Å². The standard InChI is InChI=1S/C14H26N2O2/c1-4-7-13(17)15-12(10-11(2)3)14(18)16-8-5-6-9-16/h11-12H,4-10H2,1-3H3,(H,15,17)/t12-/m0/s1. The first-order valence-corrected chi connectivity index (χ1v) is 7.12. The molecule has 1 aliphatic rings. The van der Waals surface area contributed by atoms with Crippen LogP contribution in [0, 0.1) is 5.92 Å². The largest absolute Gasteiger partial charge is 0.344 e. The van der Waals surface area contributed by atoms with Gasteiger partial charge >= 0.3 is 0 Å². The molecule has 0 radical (unpaired) electrons. The molecule has 18 heavy (non-hydrogen) atoms. The van der Waals surface area contributed by atoms with E-state index in [2.05, 4.69) is 19.2 Å². The third-order valence-electron chi connectivity index (χ3n) is 3.24. The molecular formula is C14H26N2O2. The molecule has 0 unspecified atom stereocenters. The number of hydrogen-bond donors (Lipinski definition) is 1. The van der Waals surface area contributed by atoms with Crippen LogP contribution >= 0.6 is 0 Å². The van der Waals surface area contributed by atoms with Crippen LogP contribution in [0.2, 0.25) is 0 Å². The van der Waals surface area contributed by atoms with Crippen LogP contribution in [0.3, 0.4) is 0 Å². The van der Waals surface area contributed by atoms with Crippen molar-refractivity contribution in [2.75, 3.05) is 13.1 Å². The van der Waals surface area contributed by atoms with E-state index >= 15 is 0 Å². The quantitative estimate of drug-likeness (QED) is 0.787. The van der Waals surface area contributed by atoms with Gasteiger partial charge in [0.25, 0.3) is 0 Å². The molecule has 0 saturated carbocycles. The molecule has 1 N–H and O–H groups in total. The zero-order valence-electron chi connectivity index (χ0n) is 11.9. The Morgan fingerprint density at radius 1 is 1.22 bits per heavy atom. The summed E-state index contributed by atoms with van der Waals surface area (Å²) >= 11 is 0. The SMILES string of the molecule is CCCC(=O)N[C@@H](CC(C)C)C(=O)N1CCCC1. The van der Waals surface area contributed by atoms with Crippen LogP contribution < -0.4 is 5.32 Å². The van der Waals surface area contributed by atoms with E-state index in [0.29, 0.717) is 12.3 Å². The maximum Gasteiger partial charge on any atom is 0.245 e. The average molecular weight is 254 g/mol. The molecule has 0 bridgehead atoms. The van der Waals surface area contributed by atoms with Crippen molar-refractivity contribution in [2.24, 2.45) is 5.92 Å². The van der Waals surface area contributed by atoms with Crippen LogP contribution in [0.25, 0.3) is 0 Å². The molecule has 0 aromatic heterocycles. The molecule has 4 heteroatoms. The fourth-order valence-corrected chi connectivity index (χ4v) is 2.34. The van der Waals surface area contributed by atoms with Crippen molar-refractivity contribution in [1.82, 2.24) is 10.2 Å². The number of nitrogens with zero attached hydrogens (tertiary/aromatic N) is 1. The van der Waals surface area contributed by atoms with E-state index in [-0.39, 0.29) is 17.9 Å². The molecular weight excluding hydrogens is 228 g/mol. The maximum atomic E-state index is 12.3. The molecule has 1 fully saturated rings. The minimum Gasteiger partial charge on any atom is -0.344 e. The summed E-state index contributed by atoms with van der Waals surface area (Å²) in [6.45, 7) is 7.82. The van der Waals surface area contributed by atoms with Crippen LogP contribution in [0.5, 0.6) is 0 Å². The second kappa shape index (κ2) is 7.39. The summed E-state index contributed by atoms with van der Waals surface area (Å²) in [5, 5.41) is 2.90. The number of amides is 2. The van der Waals surface area contributed by atoms with Gasteiger partial charge in [-0.3, -0.25) is 9.59 Å². The van der Waals surface area contributed by atoms with Gasteiger partial charge in [-0.15, -0.1) is 0 Å². The minimum atomic E-state index is -0.331. The van der Waals surface area contributed by atoms with E-state index < -0.39 is 0 Å². The van der Waals surface area contributed by atoms with Crippen LogP contribution in [0.4, 0.5) is 0 Å². The second-order valence-electron chi connectivity index (χ2n) is 5.53. The van der Waals surface area contributed by atoms with E-state index in [1.165, 1.54) is 0 Å². The van der Waals surface area contributed by atoms with Crippen molar-refractivity contribution >= 4 is 11.8 Å². The Kier molecular flexibility index (Phi) is 6.16. The van der Waals surface area contributed by atoms with Gasteiger partial charge in [0.2, 0.25) is 11.8 Å². The van der Waals surface area contributed by atoms with Gasteiger partial charge in [-0.05, 0) is 31.6 Å². The molecule has 104 valence electrons. The number of likely N-dealkylation sites (tertiary alicyclic amines) is 1. The molecule has 0 aliphatic carbocycles. The molecule has 1 saturated heterocycles. The normalized spacial score (nSPS) is 17.0. The summed E-state index contributed by atoms with van der Waals surface area (Å²) in [5.74, 6) is 0.504. The van der Waals surface area contributed by atoms with Gasteiger partial charge in [0.05, 0.1) is 0 Å². The van der Waals surface area contributed by atoms with Gasteiger partial charge < -0.3 is 10.2 Å². The Morgan fingerprint density at radius 2 is 1.83 bits per heavy atom. The highest BCUT2D eigenvalue weighted by atomic mass is 16.2. The van der Waals surface area contributed by atoms with Crippen molar-refractivity contribution in [3.8, 4) is 0 Å². The lowest BCUT2D eigenvalue weighted by atomic mass is 10.0. The zero-order valence-corrected chi connectivity index (χ0v) is 11.9. The minimum absolute atomic E-state index is 0.00398. The first-order valence-electron chi connectivity index (χ1n) is 7.12. The predicted molar refractivity (Wildman–Crippen MR) is 72.1 cm³/mol. The molecule has 0 aromatic rings. The van der Waals surface area contributed by atoms with E-state index in [9.17, 15) is 9.59 Å². The lowest BCUT2D eigenvalue weighted by molar-refractivity contribution is -0.136. The maximum absolute atomic E-state index is 12.3. The Hall–Kier alpha value is -1.06. The van der Waals surface area contributed by atoms with E-state index in [1.54, 1.807) is 0 Å². The Labute approximate surface area is 110 Å². The van der Waals surface area contributed by atoms with Crippen LogP contribution in [-0.2, 0) is 9.59 Å². The van der Waals surface area contributed by atoms with Crippen molar-refractivity contribution < 1.29 is 9.59 Å². The molecule has 1 rings (SSSR count). The smallest absolute Gasteiger partial charge is 0.245 e. The van der Waals surface area contributed by atoms with Gasteiger partial charge in [0.1, 0.15) is 6.04 Å². The molecule has 4 nitrogen and oxygen atoms in total. The zero-order chi connectivity index (χ0) is 13.5. The van der Waals surface area contributed by atoms with Crippen molar-refractivity contribution in [2.45, 2.75) is 58.9 Å². The first kappa shape index (κ1) is 15.0. The highest BCUT2D eigenvalue weighted by Gasteiger charge is 2.27. The monoisotopic (exact) mass is 254 g/mol. The predicted octanol–water partition coefficient (Wildman–Crippen LogP) is 1.94. The average Bonchev–Trinajstić information content (AvgIpc) is 2.80. The number of hydrogen-bond acceptors (Lipinski definition) is 2. The van der Waals surface area contributed by atoms with Crippen LogP contribution in [0.15, 0.2) is 0 Å². The highest BCUT2D eigenvalue weighted by Crippen LogP contribution is 2.13. The molecule has 0 spiro atoms. The molecule has 1 aliphatic heterocycles. The number of rotatable bonds is 6. The van der Waals surface area contributed by atoms with E-state index in [4.69, 9.17) is 0 Å². The van der Waals surface area contributed by atoms with E-state index in [1.807, 2.05) is 11.8 Å². The number of nitrogens with one attached hydrogen (secondary N) is 1. The second-order valence-corrected chi connectivity index (χ2v) is 5.53. The van der Waals surface area contributed by atoms with Gasteiger partial charge in [0.15, 0.2) is 0 Å². The van der Waals surface area contributed by atoms with Gasteiger partial charge in [-0.1, -0.05) is 20.8 Å². The molecule has 1 heterocycles. The summed E-state index contributed by atoms with van der Waals surface area (Å²) in [7, 11) is 0. The van der Waals surface area contributed by atoms with Gasteiger partial charge in [-0.2, -0.15) is 0 Å². The topological polar surface area (TPSA) is 49.4 Å². The third-order valence-corrected chi connectivity index (χ3v) is 3.24. The van der Waals surface area contributed by atoms with Gasteiger partial charge in [0, 0.05) is 19.5 Å². The third kappa shape index (κ3) is 4.67. The Bertz CT molecular complexity index is 284. The number of carbonyl (C=O) groups excluding carboxylic acids is 2. The lowest BCUT2D eigenvalue weighted by Gasteiger charge is -2.25. The Morgan fingerprint density at radius 3 is 2.33 bits per heavy atom. The summed E-state index contributed by atoms with van der Waals surface area (Å²) in [4.78, 5) is 25.9. The van der Waals surface area contributed by atoms with Crippen LogP contribution in [-0.4, -0.2) is 35.8 Å². The molecule has 2 amide bonds. The van der Waals surface area contributed by atoms with Crippen LogP contribution in [0.1, 0.15) is 52.9 Å². The van der Waals surface area contributed by atoms with Gasteiger partial charge in [-0.25, -0.2) is 0 Å². The fraction of sp³-hybridized carbons (Fsp3) is 0.857. The number of carbonyl (C=O) groups is 2. The summed E-state index contributed by atoms with van der Waals surface area (Å²) in [5.41, 5.74) is 0. The first-order chi connectivity index (χ1) is 8.54.